The normalized spacial score (nSPS) is 11.9. The molecule has 0 aliphatic rings. The minimum Gasteiger partial charge on any atom is -0.467 e. The number of carbonyl (C=O) groups excluding carboxylic acids is 3. The van der Waals surface area contributed by atoms with Gasteiger partial charge in [0.05, 0.1) is 31.5 Å². The highest BCUT2D eigenvalue weighted by molar-refractivity contribution is 6.03. The number of ether oxygens (including phenoxy) is 3. The molecule has 0 aliphatic heterocycles. The highest BCUT2D eigenvalue weighted by Gasteiger charge is 2.28. The van der Waals surface area contributed by atoms with E-state index in [1.807, 2.05) is 13.8 Å². The molecule has 134 valence electrons. The van der Waals surface area contributed by atoms with Crippen molar-refractivity contribution in [2.24, 2.45) is 5.92 Å². The summed E-state index contributed by atoms with van der Waals surface area (Å²) in [6.45, 7) is 7.65. The van der Waals surface area contributed by atoms with E-state index >= 15 is 0 Å². The van der Waals surface area contributed by atoms with Crippen LogP contribution in [-0.2, 0) is 19.0 Å². The molecule has 7 nitrogen and oxygen atoms in total. The average Bonchev–Trinajstić information content (AvgIpc) is 2.97. The Morgan fingerprint density at radius 2 is 1.46 bits per heavy atom. The molecule has 0 aliphatic carbocycles. The van der Waals surface area contributed by atoms with Crippen molar-refractivity contribution in [2.75, 3.05) is 20.3 Å². The second-order valence-electron chi connectivity index (χ2n) is 5.64. The summed E-state index contributed by atoms with van der Waals surface area (Å²) >= 11 is 0. The van der Waals surface area contributed by atoms with Crippen molar-refractivity contribution < 1.29 is 28.6 Å². The Kier molecular flexibility index (Phi) is 7.48. The monoisotopic (exact) mass is 339 g/mol. The number of methoxy groups -OCH3 is 1. The Morgan fingerprint density at radius 1 is 1.00 bits per heavy atom. The molecule has 1 atom stereocenters. The predicted molar refractivity (Wildman–Crippen MR) is 86.9 cm³/mol. The molecule has 0 spiro atoms. The Bertz CT molecular complexity index is 554. The van der Waals surface area contributed by atoms with Crippen LogP contribution in [0.25, 0.3) is 0 Å². The first kappa shape index (κ1) is 19.7. The Labute approximate surface area is 141 Å². The number of nitrogens with zero attached hydrogens (tertiary/aromatic N) is 1. The van der Waals surface area contributed by atoms with Crippen molar-refractivity contribution in [2.45, 2.75) is 40.2 Å². The number of hydrogen-bond acceptors (Lipinski definition) is 6. The zero-order chi connectivity index (χ0) is 18.3. The van der Waals surface area contributed by atoms with E-state index in [4.69, 9.17) is 14.2 Å². The minimum absolute atomic E-state index is 0.0768. The zero-order valence-corrected chi connectivity index (χ0v) is 14.8. The second kappa shape index (κ2) is 9.10. The van der Waals surface area contributed by atoms with E-state index in [1.165, 1.54) is 24.1 Å². The second-order valence-corrected chi connectivity index (χ2v) is 5.64. The third-order valence-corrected chi connectivity index (χ3v) is 3.37. The van der Waals surface area contributed by atoms with Crippen molar-refractivity contribution in [1.82, 2.24) is 4.57 Å². The quantitative estimate of drug-likeness (QED) is 0.535. The van der Waals surface area contributed by atoms with Gasteiger partial charge in [0.15, 0.2) is 0 Å². The molecule has 0 unspecified atom stereocenters. The number of aromatic nitrogens is 1. The maximum atomic E-state index is 12.1. The fraction of sp³-hybridized carbons (Fsp3) is 0.588. The van der Waals surface area contributed by atoms with Gasteiger partial charge in [-0.05, 0) is 26.2 Å². The lowest BCUT2D eigenvalue weighted by Gasteiger charge is -2.18. The maximum absolute atomic E-state index is 12.1. The van der Waals surface area contributed by atoms with Gasteiger partial charge in [-0.15, -0.1) is 0 Å². The lowest BCUT2D eigenvalue weighted by molar-refractivity contribution is -0.145. The van der Waals surface area contributed by atoms with Gasteiger partial charge >= 0.3 is 17.9 Å². The van der Waals surface area contributed by atoms with Crippen LogP contribution in [0.5, 0.6) is 0 Å². The topological polar surface area (TPSA) is 83.8 Å². The van der Waals surface area contributed by atoms with Gasteiger partial charge < -0.3 is 18.8 Å². The van der Waals surface area contributed by atoms with Crippen LogP contribution >= 0.6 is 0 Å². The molecule has 0 saturated carbocycles. The molecule has 0 N–H and O–H groups in total. The molecule has 1 rings (SSSR count). The van der Waals surface area contributed by atoms with E-state index in [9.17, 15) is 14.4 Å². The van der Waals surface area contributed by atoms with Crippen LogP contribution in [0.1, 0.15) is 60.9 Å². The third kappa shape index (κ3) is 4.84. The van der Waals surface area contributed by atoms with Crippen molar-refractivity contribution >= 4 is 17.9 Å². The number of esters is 3. The van der Waals surface area contributed by atoms with Crippen LogP contribution in [0.4, 0.5) is 0 Å². The summed E-state index contributed by atoms with van der Waals surface area (Å²) in [6.07, 6.45) is 3.38. The van der Waals surface area contributed by atoms with Crippen LogP contribution in [-0.4, -0.2) is 42.8 Å². The summed E-state index contributed by atoms with van der Waals surface area (Å²) in [5, 5.41) is 0. The van der Waals surface area contributed by atoms with E-state index in [2.05, 4.69) is 0 Å². The van der Waals surface area contributed by atoms with Crippen LogP contribution in [0.15, 0.2) is 12.4 Å². The van der Waals surface area contributed by atoms with Crippen molar-refractivity contribution in [1.29, 1.82) is 0 Å². The summed E-state index contributed by atoms with van der Waals surface area (Å²) in [4.78, 5) is 36.3. The van der Waals surface area contributed by atoms with Gasteiger partial charge in [0.25, 0.3) is 0 Å². The van der Waals surface area contributed by atoms with Gasteiger partial charge in [0, 0.05) is 12.4 Å². The van der Waals surface area contributed by atoms with Crippen molar-refractivity contribution in [3.05, 3.63) is 23.5 Å². The zero-order valence-electron chi connectivity index (χ0n) is 14.8. The number of rotatable bonds is 8. The fourth-order valence-electron chi connectivity index (χ4n) is 2.32. The molecule has 1 aromatic rings. The largest absolute Gasteiger partial charge is 0.467 e. The fourth-order valence-corrected chi connectivity index (χ4v) is 2.32. The minimum atomic E-state index is -0.633. The standard InChI is InChI=1S/C17H25NO6/c1-6-23-15(19)12-9-18(10-13(12)16(20)24-7-2)14(8-11(3)4)17(21)22-5/h9-11,14H,6-8H2,1-5H3/t14-/m0/s1. The number of carbonyl (C=O) groups is 3. The molecular formula is C17H25NO6. The lowest BCUT2D eigenvalue weighted by atomic mass is 10.0. The molecule has 7 heteroatoms. The van der Waals surface area contributed by atoms with Gasteiger partial charge in [0.2, 0.25) is 0 Å². The average molecular weight is 339 g/mol. The van der Waals surface area contributed by atoms with Crippen LogP contribution < -0.4 is 0 Å². The van der Waals surface area contributed by atoms with Gasteiger partial charge in [-0.25, -0.2) is 14.4 Å². The first-order valence-corrected chi connectivity index (χ1v) is 7.99. The van der Waals surface area contributed by atoms with Gasteiger partial charge in [-0.1, -0.05) is 13.8 Å². The third-order valence-electron chi connectivity index (χ3n) is 3.37. The van der Waals surface area contributed by atoms with Crippen LogP contribution in [0.2, 0.25) is 0 Å². The molecule has 0 aromatic carbocycles. The molecule has 0 fully saturated rings. The molecule has 1 aromatic heterocycles. The molecule has 0 bridgehead atoms. The van der Waals surface area contributed by atoms with Crippen LogP contribution in [0, 0.1) is 5.92 Å². The summed E-state index contributed by atoms with van der Waals surface area (Å²) < 4.78 is 16.3. The van der Waals surface area contributed by atoms with E-state index in [0.717, 1.165) is 0 Å². The van der Waals surface area contributed by atoms with Gasteiger partial charge in [-0.2, -0.15) is 0 Å². The summed E-state index contributed by atoms with van der Waals surface area (Å²) in [5.41, 5.74) is 0.154. The molecule has 0 amide bonds. The van der Waals surface area contributed by atoms with Crippen molar-refractivity contribution in [3.63, 3.8) is 0 Å². The van der Waals surface area contributed by atoms with Gasteiger partial charge in [-0.3, -0.25) is 0 Å². The first-order chi connectivity index (χ1) is 11.3. The molecular weight excluding hydrogens is 314 g/mol. The Morgan fingerprint density at radius 3 is 1.79 bits per heavy atom. The summed E-state index contributed by atoms with van der Waals surface area (Å²) in [6, 6.07) is -0.633. The predicted octanol–water partition coefficient (Wildman–Crippen LogP) is 2.60. The smallest absolute Gasteiger partial charge is 0.340 e. The highest BCUT2D eigenvalue weighted by atomic mass is 16.5. The number of hydrogen-bond donors (Lipinski definition) is 0. The highest BCUT2D eigenvalue weighted by Crippen LogP contribution is 2.24. The van der Waals surface area contributed by atoms with Gasteiger partial charge in [0.1, 0.15) is 6.04 Å². The lowest BCUT2D eigenvalue weighted by Crippen LogP contribution is -2.21. The van der Waals surface area contributed by atoms with Crippen molar-refractivity contribution in [3.8, 4) is 0 Å². The summed E-state index contributed by atoms with van der Waals surface area (Å²) in [7, 11) is 1.30. The molecule has 24 heavy (non-hydrogen) atoms. The maximum Gasteiger partial charge on any atom is 0.340 e. The van der Waals surface area contributed by atoms with Crippen LogP contribution in [0.3, 0.4) is 0 Å². The van der Waals surface area contributed by atoms with E-state index in [-0.39, 0.29) is 30.3 Å². The molecule has 0 radical (unpaired) electrons. The SMILES string of the molecule is CCOC(=O)c1cn([C@@H](CC(C)C)C(=O)OC)cc1C(=O)OCC. The Balaban J connectivity index is 3.31. The van der Waals surface area contributed by atoms with E-state index in [1.54, 1.807) is 13.8 Å². The molecule has 0 saturated heterocycles. The first-order valence-electron chi connectivity index (χ1n) is 7.99. The molecule has 1 heterocycles. The van der Waals surface area contributed by atoms with E-state index in [0.29, 0.717) is 6.42 Å². The van der Waals surface area contributed by atoms with E-state index < -0.39 is 23.9 Å². The Hall–Kier alpha value is -2.31. The summed E-state index contributed by atoms with van der Waals surface area (Å²) in [5.74, 6) is -1.49.